The monoisotopic (exact) mass is 261 g/mol. The largest absolute Gasteiger partial charge is 0.495 e. The fourth-order valence-electron chi connectivity index (χ4n) is 1.37. The zero-order valence-corrected chi connectivity index (χ0v) is 10.2. The number of benzene rings is 1. The van der Waals surface area contributed by atoms with Gasteiger partial charge in [0.2, 0.25) is 0 Å². The fourth-order valence-corrected chi connectivity index (χ4v) is 2.23. The molecule has 2 N–H and O–H groups in total. The van der Waals surface area contributed by atoms with Crippen molar-refractivity contribution in [1.82, 2.24) is 0 Å². The van der Waals surface area contributed by atoms with Gasteiger partial charge >= 0.3 is 0 Å². The first-order valence-electron chi connectivity index (χ1n) is 4.62. The molecular weight excluding hydrogens is 249 g/mol. The first-order valence-corrected chi connectivity index (χ1v) is 6.51. The van der Waals surface area contributed by atoms with E-state index >= 15 is 0 Å². The van der Waals surface area contributed by atoms with Crippen molar-refractivity contribution in [2.75, 3.05) is 19.9 Å². The van der Waals surface area contributed by atoms with Gasteiger partial charge < -0.3 is 10.5 Å². The van der Waals surface area contributed by atoms with Gasteiger partial charge in [-0.2, -0.15) is 0 Å². The van der Waals surface area contributed by atoms with Crippen LogP contribution in [0.4, 0.5) is 4.39 Å². The van der Waals surface area contributed by atoms with Crippen molar-refractivity contribution in [3.63, 3.8) is 0 Å². The molecule has 7 heteroatoms. The Morgan fingerprint density at radius 2 is 2.06 bits per heavy atom. The highest BCUT2D eigenvalue weighted by molar-refractivity contribution is 7.90. The quantitative estimate of drug-likeness (QED) is 0.792. The number of carbonyl (C=O) groups is 1. The van der Waals surface area contributed by atoms with Crippen molar-refractivity contribution in [2.24, 2.45) is 5.73 Å². The Balaban J connectivity index is 3.63. The molecule has 0 unspecified atom stereocenters. The van der Waals surface area contributed by atoms with E-state index in [1.807, 2.05) is 0 Å². The van der Waals surface area contributed by atoms with Gasteiger partial charge in [-0.15, -0.1) is 0 Å². The lowest BCUT2D eigenvalue weighted by Crippen LogP contribution is -2.16. The highest BCUT2D eigenvalue weighted by atomic mass is 32.2. The molecule has 5 nitrogen and oxygen atoms in total. The summed E-state index contributed by atoms with van der Waals surface area (Å²) in [7, 11) is -2.49. The maximum absolute atomic E-state index is 13.3. The van der Waals surface area contributed by atoms with Crippen molar-refractivity contribution in [2.45, 2.75) is 4.90 Å². The molecule has 0 saturated carbocycles. The SMILES string of the molecule is COc1c(C(=O)CN)cc(F)cc1S(C)(=O)=O. The van der Waals surface area contributed by atoms with Crippen LogP contribution in [0.3, 0.4) is 0 Å². The average molecular weight is 261 g/mol. The third-order valence-electron chi connectivity index (χ3n) is 2.11. The minimum Gasteiger partial charge on any atom is -0.495 e. The Hall–Kier alpha value is -1.47. The molecule has 0 spiro atoms. The van der Waals surface area contributed by atoms with Crippen LogP contribution in [0.25, 0.3) is 0 Å². The van der Waals surface area contributed by atoms with Crippen LogP contribution in [0.2, 0.25) is 0 Å². The molecule has 0 heterocycles. The standard InChI is InChI=1S/C10H12FNO4S/c1-16-10-7(8(13)5-12)3-6(11)4-9(10)17(2,14)15/h3-4H,5,12H2,1-2H3. The van der Waals surface area contributed by atoms with Gasteiger partial charge in [-0.25, -0.2) is 12.8 Å². The highest BCUT2D eigenvalue weighted by Crippen LogP contribution is 2.29. The van der Waals surface area contributed by atoms with Gasteiger partial charge in [0.25, 0.3) is 0 Å². The lowest BCUT2D eigenvalue weighted by atomic mass is 10.1. The normalized spacial score (nSPS) is 11.3. The number of Topliss-reactive ketones (excluding diaryl/α,β-unsaturated/α-hetero) is 1. The number of hydrogen-bond donors (Lipinski definition) is 1. The molecule has 1 aromatic carbocycles. The first kappa shape index (κ1) is 13.6. The van der Waals surface area contributed by atoms with Gasteiger partial charge in [-0.3, -0.25) is 4.79 Å². The summed E-state index contributed by atoms with van der Waals surface area (Å²) < 4.78 is 41.0. The molecule has 0 atom stereocenters. The lowest BCUT2D eigenvalue weighted by molar-refractivity contribution is 0.0997. The molecule has 94 valence electrons. The second kappa shape index (κ2) is 4.80. The summed E-state index contributed by atoms with van der Waals surface area (Å²) in [6, 6.07) is 1.71. The molecule has 0 aliphatic rings. The minimum absolute atomic E-state index is 0.171. The zero-order chi connectivity index (χ0) is 13.2. The van der Waals surface area contributed by atoms with Gasteiger partial charge in [0.05, 0.1) is 19.2 Å². The number of nitrogens with two attached hydrogens (primary N) is 1. The van der Waals surface area contributed by atoms with E-state index in [2.05, 4.69) is 0 Å². The van der Waals surface area contributed by atoms with E-state index in [1.165, 1.54) is 7.11 Å². The van der Waals surface area contributed by atoms with Gasteiger partial charge in [-0.05, 0) is 12.1 Å². The van der Waals surface area contributed by atoms with E-state index in [0.29, 0.717) is 0 Å². The van der Waals surface area contributed by atoms with E-state index in [1.54, 1.807) is 0 Å². The molecule has 0 aliphatic heterocycles. The number of hydrogen-bond acceptors (Lipinski definition) is 5. The molecule has 0 saturated heterocycles. The number of sulfone groups is 1. The summed E-state index contributed by atoms with van der Waals surface area (Å²) in [5.74, 6) is -1.60. The lowest BCUT2D eigenvalue weighted by Gasteiger charge is -2.11. The van der Waals surface area contributed by atoms with Gasteiger partial charge in [0.1, 0.15) is 16.5 Å². The molecule has 0 bridgehead atoms. The van der Waals surface area contributed by atoms with Crippen molar-refractivity contribution >= 4 is 15.6 Å². The number of methoxy groups -OCH3 is 1. The summed E-state index contributed by atoms with van der Waals surface area (Å²) in [6.45, 7) is -0.358. The minimum atomic E-state index is -3.69. The molecule has 0 aliphatic carbocycles. The van der Waals surface area contributed by atoms with E-state index in [9.17, 15) is 17.6 Å². The topological polar surface area (TPSA) is 86.5 Å². The molecule has 0 fully saturated rings. The Morgan fingerprint density at radius 1 is 1.47 bits per heavy atom. The summed E-state index contributed by atoms with van der Waals surface area (Å²) in [5.41, 5.74) is 4.99. The second-order valence-corrected chi connectivity index (χ2v) is 5.37. The predicted octanol–water partition coefficient (Wildman–Crippen LogP) is 0.379. The predicted molar refractivity (Wildman–Crippen MR) is 59.4 cm³/mol. The molecule has 0 radical (unpaired) electrons. The second-order valence-electron chi connectivity index (χ2n) is 3.38. The van der Waals surface area contributed by atoms with Crippen LogP contribution >= 0.6 is 0 Å². The van der Waals surface area contributed by atoms with E-state index < -0.39 is 21.4 Å². The fraction of sp³-hybridized carbons (Fsp3) is 0.300. The molecule has 0 aromatic heterocycles. The molecule has 1 rings (SSSR count). The van der Waals surface area contributed by atoms with Gasteiger partial charge in [0, 0.05) is 6.26 Å². The Bertz CT molecular complexity index is 554. The van der Waals surface area contributed by atoms with Crippen molar-refractivity contribution in [1.29, 1.82) is 0 Å². The van der Waals surface area contributed by atoms with Gasteiger partial charge in [-0.1, -0.05) is 0 Å². The summed E-state index contributed by atoms with van der Waals surface area (Å²) >= 11 is 0. The summed E-state index contributed by atoms with van der Waals surface area (Å²) in [6.07, 6.45) is 0.904. The summed E-state index contributed by atoms with van der Waals surface area (Å²) in [5, 5.41) is 0. The van der Waals surface area contributed by atoms with Crippen molar-refractivity contribution in [3.05, 3.63) is 23.5 Å². The maximum atomic E-state index is 13.3. The van der Waals surface area contributed by atoms with Gasteiger partial charge in [0.15, 0.2) is 15.6 Å². The Kier molecular flexibility index (Phi) is 3.84. The number of ketones is 1. The highest BCUT2D eigenvalue weighted by Gasteiger charge is 2.22. The number of rotatable bonds is 4. The molecule has 0 amide bonds. The van der Waals surface area contributed by atoms with Crippen LogP contribution in [-0.2, 0) is 9.84 Å². The Labute approximate surface area is 98.3 Å². The van der Waals surface area contributed by atoms with E-state index in [4.69, 9.17) is 10.5 Å². The summed E-state index contributed by atoms with van der Waals surface area (Å²) in [4.78, 5) is 11.1. The number of carbonyl (C=O) groups excluding carboxylic acids is 1. The molecule has 1 aromatic rings. The van der Waals surface area contributed by atoms with Crippen LogP contribution in [0, 0.1) is 5.82 Å². The third kappa shape index (κ3) is 2.80. The van der Waals surface area contributed by atoms with Crippen molar-refractivity contribution in [3.8, 4) is 5.75 Å². The van der Waals surface area contributed by atoms with E-state index in [0.717, 1.165) is 18.4 Å². The molecule has 17 heavy (non-hydrogen) atoms. The molecular formula is C10H12FNO4S. The van der Waals surface area contributed by atoms with E-state index in [-0.39, 0.29) is 22.8 Å². The number of ether oxygens (including phenoxy) is 1. The average Bonchev–Trinajstić information content (AvgIpc) is 2.25. The first-order chi connectivity index (χ1) is 7.81. The number of halogens is 1. The van der Waals surface area contributed by atoms with Crippen LogP contribution in [0.5, 0.6) is 5.75 Å². The van der Waals surface area contributed by atoms with Crippen molar-refractivity contribution < 1.29 is 22.3 Å². The van der Waals surface area contributed by atoms with Crippen LogP contribution in [0.15, 0.2) is 17.0 Å². The maximum Gasteiger partial charge on any atom is 0.180 e. The van der Waals surface area contributed by atoms with Crippen LogP contribution in [-0.4, -0.2) is 34.1 Å². The van der Waals surface area contributed by atoms with Crippen LogP contribution < -0.4 is 10.5 Å². The smallest absolute Gasteiger partial charge is 0.180 e. The Morgan fingerprint density at radius 3 is 2.47 bits per heavy atom. The zero-order valence-electron chi connectivity index (χ0n) is 9.36. The third-order valence-corrected chi connectivity index (χ3v) is 3.21. The van der Waals surface area contributed by atoms with Crippen LogP contribution in [0.1, 0.15) is 10.4 Å².